The van der Waals surface area contributed by atoms with Gasteiger partial charge in [0.2, 0.25) is 0 Å². The number of esters is 1. The molecule has 10 nitrogen and oxygen atoms in total. The zero-order valence-electron chi connectivity index (χ0n) is 20.8. The Morgan fingerprint density at radius 3 is 2.33 bits per heavy atom. The van der Waals surface area contributed by atoms with E-state index in [-0.39, 0.29) is 39.2 Å². The Morgan fingerprint density at radius 2 is 1.80 bits per heavy atom. The molecule has 1 saturated heterocycles. The molecular formula is C27H24BrN5O5S2. The molecule has 3 aromatic rings. The molecule has 1 unspecified atom stereocenters. The summed E-state index contributed by atoms with van der Waals surface area (Å²) in [6, 6.07) is 17.7. The number of anilines is 1. The van der Waals surface area contributed by atoms with Crippen LogP contribution < -0.4 is 11.1 Å². The standard InChI is InChI=1S/C27H23N5O5S2.BrH/c1-2-15-13-38-25-20(30-23(33)19(31-36)18-14-39-27(28)29-18)24(34)32(25)21(15)26(35)37-22(16-9-5-3-6-10-16)17-11-7-4-8-12-17;/h2-12,14,20,22,25,36H,1,13H2,(H2,28,29)(H,30,33);1H/t20?,25-;/m1./s1. The van der Waals surface area contributed by atoms with Crippen molar-refractivity contribution in [3.63, 3.8) is 0 Å². The number of carbonyl (C=O) groups excluding carboxylic acids is 3. The Balaban J connectivity index is 0.00000370. The van der Waals surface area contributed by atoms with Gasteiger partial charge in [-0.1, -0.05) is 78.5 Å². The van der Waals surface area contributed by atoms with Crippen LogP contribution in [0, 0.1) is 0 Å². The van der Waals surface area contributed by atoms with Crippen molar-refractivity contribution in [2.75, 3.05) is 11.5 Å². The van der Waals surface area contributed by atoms with E-state index in [2.05, 4.69) is 22.0 Å². The molecule has 3 heterocycles. The molecule has 2 aliphatic rings. The number of thioether (sulfide) groups is 1. The van der Waals surface area contributed by atoms with Gasteiger partial charge in [-0.25, -0.2) is 9.78 Å². The van der Waals surface area contributed by atoms with Gasteiger partial charge in [-0.2, -0.15) is 0 Å². The molecule has 5 rings (SSSR count). The van der Waals surface area contributed by atoms with Crippen LogP contribution in [-0.4, -0.2) is 55.8 Å². The molecule has 0 radical (unpaired) electrons. The van der Waals surface area contributed by atoms with E-state index in [9.17, 15) is 19.6 Å². The summed E-state index contributed by atoms with van der Waals surface area (Å²) in [5, 5.41) is 16.1. The van der Waals surface area contributed by atoms with E-state index >= 15 is 0 Å². The highest BCUT2D eigenvalue weighted by Gasteiger charge is 2.54. The number of nitrogens with zero attached hydrogens (tertiary/aromatic N) is 3. The Morgan fingerprint density at radius 1 is 1.18 bits per heavy atom. The van der Waals surface area contributed by atoms with Crippen LogP contribution in [0.15, 0.2) is 95.1 Å². The van der Waals surface area contributed by atoms with Gasteiger partial charge in [0.15, 0.2) is 16.9 Å². The van der Waals surface area contributed by atoms with Crippen LogP contribution >= 0.6 is 40.1 Å². The lowest BCUT2D eigenvalue weighted by Crippen LogP contribution is -2.71. The van der Waals surface area contributed by atoms with Crippen LogP contribution in [0.2, 0.25) is 0 Å². The first-order valence-corrected chi connectivity index (χ1v) is 13.7. The van der Waals surface area contributed by atoms with Crippen LogP contribution in [0.5, 0.6) is 0 Å². The fourth-order valence-corrected chi connectivity index (χ4v) is 6.24. The van der Waals surface area contributed by atoms with Crippen molar-refractivity contribution in [3.05, 3.63) is 107 Å². The number of carbonyl (C=O) groups is 3. The Bertz CT molecular complexity index is 1460. The van der Waals surface area contributed by atoms with Gasteiger partial charge in [-0.15, -0.1) is 40.1 Å². The van der Waals surface area contributed by atoms with Crippen molar-refractivity contribution in [2.24, 2.45) is 5.16 Å². The number of β-lactam (4-membered cyclic amide) rings is 1. The quantitative estimate of drug-likeness (QED) is 0.111. The van der Waals surface area contributed by atoms with E-state index in [0.717, 1.165) is 22.5 Å². The zero-order chi connectivity index (χ0) is 27.5. The van der Waals surface area contributed by atoms with E-state index in [1.54, 1.807) is 0 Å². The van der Waals surface area contributed by atoms with E-state index < -0.39 is 35.3 Å². The minimum absolute atomic E-state index is 0. The van der Waals surface area contributed by atoms with Crippen molar-refractivity contribution in [1.29, 1.82) is 0 Å². The number of nitrogens with two attached hydrogens (primary N) is 1. The molecule has 13 heteroatoms. The van der Waals surface area contributed by atoms with Crippen LogP contribution in [0.1, 0.15) is 22.9 Å². The number of halogens is 1. The summed E-state index contributed by atoms with van der Waals surface area (Å²) in [4.78, 5) is 45.0. The number of rotatable bonds is 8. The Labute approximate surface area is 248 Å². The summed E-state index contributed by atoms with van der Waals surface area (Å²) in [5.74, 6) is -1.60. The average molecular weight is 643 g/mol. The highest BCUT2D eigenvalue weighted by molar-refractivity contribution is 8.93. The second-order valence-electron chi connectivity index (χ2n) is 8.57. The number of thiazole rings is 1. The summed E-state index contributed by atoms with van der Waals surface area (Å²) in [6.45, 7) is 3.81. The monoisotopic (exact) mass is 641 g/mol. The van der Waals surface area contributed by atoms with Crippen LogP contribution in [0.3, 0.4) is 0 Å². The van der Waals surface area contributed by atoms with Crippen LogP contribution in [0.25, 0.3) is 0 Å². The van der Waals surface area contributed by atoms with Gasteiger partial charge < -0.3 is 21.0 Å². The maximum absolute atomic E-state index is 13.6. The first kappa shape index (κ1) is 29.1. The lowest BCUT2D eigenvalue weighted by atomic mass is 10.0. The zero-order valence-corrected chi connectivity index (χ0v) is 24.1. The molecule has 2 atom stereocenters. The van der Waals surface area contributed by atoms with Gasteiger partial charge in [0.25, 0.3) is 11.8 Å². The van der Waals surface area contributed by atoms with Gasteiger partial charge in [-0.05, 0) is 16.7 Å². The van der Waals surface area contributed by atoms with Gasteiger partial charge in [0, 0.05) is 11.1 Å². The first-order valence-electron chi connectivity index (χ1n) is 11.8. The molecule has 4 N–H and O–H groups in total. The number of oxime groups is 1. The highest BCUT2D eigenvalue weighted by Crippen LogP contribution is 2.42. The van der Waals surface area contributed by atoms with E-state index in [0.29, 0.717) is 11.3 Å². The van der Waals surface area contributed by atoms with Gasteiger partial charge in [0.1, 0.15) is 22.8 Å². The second kappa shape index (κ2) is 12.5. The maximum atomic E-state index is 13.6. The summed E-state index contributed by atoms with van der Waals surface area (Å²) < 4.78 is 6.02. The number of hydrogen-bond donors (Lipinski definition) is 3. The Kier molecular flexibility index (Phi) is 9.07. The predicted octanol–water partition coefficient (Wildman–Crippen LogP) is 3.65. The molecule has 2 amide bonds. The van der Waals surface area contributed by atoms with E-state index in [1.165, 1.54) is 28.1 Å². The number of aromatic nitrogens is 1. The number of amides is 2. The van der Waals surface area contributed by atoms with Gasteiger partial charge >= 0.3 is 5.97 Å². The number of hydrogen-bond acceptors (Lipinski definition) is 10. The molecule has 2 aromatic carbocycles. The normalized spacial score (nSPS) is 18.4. The molecule has 0 bridgehead atoms. The molecular weight excluding hydrogens is 618 g/mol. The predicted molar refractivity (Wildman–Crippen MR) is 158 cm³/mol. The highest BCUT2D eigenvalue weighted by atomic mass is 79.9. The Hall–Kier alpha value is -3.94. The molecule has 2 aliphatic heterocycles. The number of ether oxygens (including phenoxy) is 1. The molecule has 0 aliphatic carbocycles. The lowest BCUT2D eigenvalue weighted by molar-refractivity contribution is -0.154. The number of benzene rings is 2. The first-order chi connectivity index (χ1) is 18.9. The molecule has 40 heavy (non-hydrogen) atoms. The largest absolute Gasteiger partial charge is 0.448 e. The third-order valence-electron chi connectivity index (χ3n) is 6.23. The summed E-state index contributed by atoms with van der Waals surface area (Å²) in [7, 11) is 0. The molecule has 0 saturated carbocycles. The molecule has 0 spiro atoms. The SMILES string of the molecule is Br.C=CC1=C(C(=O)OC(c2ccccc2)c2ccccc2)N2C(=O)C(NC(=O)C(=NO)c3csc(N)n3)[C@H]2SC1. The fourth-order valence-electron chi connectivity index (χ4n) is 4.35. The fraction of sp³-hybridized carbons (Fsp3) is 0.148. The molecule has 1 aromatic heterocycles. The van der Waals surface area contributed by atoms with Gasteiger partial charge in [-0.3, -0.25) is 14.5 Å². The topological polar surface area (TPSA) is 147 Å². The number of allylic oxidation sites excluding steroid dienone is 1. The maximum Gasteiger partial charge on any atom is 0.356 e. The van der Waals surface area contributed by atoms with Crippen molar-refractivity contribution in [2.45, 2.75) is 17.5 Å². The van der Waals surface area contributed by atoms with E-state index in [1.807, 2.05) is 60.7 Å². The van der Waals surface area contributed by atoms with E-state index in [4.69, 9.17) is 10.5 Å². The number of nitrogens with one attached hydrogen (secondary N) is 1. The van der Waals surface area contributed by atoms with Crippen molar-refractivity contribution in [3.8, 4) is 0 Å². The average Bonchev–Trinajstić information content (AvgIpc) is 3.40. The van der Waals surface area contributed by atoms with Crippen LogP contribution in [-0.2, 0) is 19.1 Å². The minimum atomic E-state index is -0.955. The lowest BCUT2D eigenvalue weighted by Gasteiger charge is -2.49. The summed E-state index contributed by atoms with van der Waals surface area (Å²) >= 11 is 2.45. The van der Waals surface area contributed by atoms with Crippen molar-refractivity contribution < 1.29 is 24.3 Å². The third kappa shape index (κ3) is 5.53. The summed E-state index contributed by atoms with van der Waals surface area (Å²) in [5.41, 5.74) is 7.52. The summed E-state index contributed by atoms with van der Waals surface area (Å²) in [6.07, 6.45) is 0.828. The molecule has 1 fully saturated rings. The smallest absolute Gasteiger partial charge is 0.356 e. The number of fused-ring (bicyclic) bond motifs is 1. The van der Waals surface area contributed by atoms with Crippen molar-refractivity contribution >= 4 is 68.7 Å². The van der Waals surface area contributed by atoms with Crippen molar-refractivity contribution in [1.82, 2.24) is 15.2 Å². The minimum Gasteiger partial charge on any atom is -0.448 e. The molecule has 206 valence electrons. The third-order valence-corrected chi connectivity index (χ3v) is 8.21. The number of nitrogen functional groups attached to an aromatic ring is 1. The van der Waals surface area contributed by atoms with Gasteiger partial charge in [0.05, 0.1) is 0 Å². The second-order valence-corrected chi connectivity index (χ2v) is 10.6. The van der Waals surface area contributed by atoms with Crippen LogP contribution in [0.4, 0.5) is 5.13 Å².